The first-order chi connectivity index (χ1) is 9.72. The van der Waals surface area contributed by atoms with Gasteiger partial charge in [0.1, 0.15) is 18.2 Å². The molecule has 1 aliphatic heterocycles. The van der Waals surface area contributed by atoms with Crippen LogP contribution in [0.5, 0.6) is 0 Å². The second kappa shape index (κ2) is 7.40. The number of hydrogen-bond donors (Lipinski definition) is 1. The predicted molar refractivity (Wildman–Crippen MR) is 81.2 cm³/mol. The third-order valence-corrected chi connectivity index (χ3v) is 3.43. The summed E-state index contributed by atoms with van der Waals surface area (Å²) in [5.41, 5.74) is 0. The van der Waals surface area contributed by atoms with E-state index < -0.39 is 0 Å². The van der Waals surface area contributed by atoms with Crippen LogP contribution in [0.1, 0.15) is 19.2 Å². The van der Waals surface area contributed by atoms with Crippen molar-refractivity contribution in [1.82, 2.24) is 14.9 Å². The quantitative estimate of drug-likeness (QED) is 0.874. The molecule has 2 rings (SSSR count). The lowest BCUT2D eigenvalue weighted by Gasteiger charge is -2.22. The molecule has 6 nitrogen and oxygen atoms in total. The average molecular weight is 279 g/mol. The van der Waals surface area contributed by atoms with Crippen LogP contribution in [0.2, 0.25) is 0 Å². The van der Waals surface area contributed by atoms with Crippen LogP contribution in [0.25, 0.3) is 0 Å². The fraction of sp³-hybridized carbons (Fsp3) is 0.714. The molecule has 0 amide bonds. The molecular formula is C14H25N5O. The molecule has 0 spiro atoms. The summed E-state index contributed by atoms with van der Waals surface area (Å²) in [6.45, 7) is 7.63. The molecule has 0 aromatic carbocycles. The molecule has 1 aliphatic rings. The number of aromatic nitrogens is 2. The van der Waals surface area contributed by atoms with Gasteiger partial charge in [-0.3, -0.25) is 0 Å². The molecule has 0 atom stereocenters. The van der Waals surface area contributed by atoms with Crippen molar-refractivity contribution in [3.8, 4) is 0 Å². The summed E-state index contributed by atoms with van der Waals surface area (Å²) < 4.78 is 5.17. The minimum absolute atomic E-state index is 0.444. The second-order valence-electron chi connectivity index (χ2n) is 5.13. The fourth-order valence-electron chi connectivity index (χ4n) is 2.39. The van der Waals surface area contributed by atoms with E-state index in [1.807, 2.05) is 6.07 Å². The van der Waals surface area contributed by atoms with Crippen molar-refractivity contribution in [2.24, 2.45) is 0 Å². The molecule has 1 saturated heterocycles. The maximum absolute atomic E-state index is 5.17. The van der Waals surface area contributed by atoms with E-state index >= 15 is 0 Å². The Bertz CT molecular complexity index is 402. The van der Waals surface area contributed by atoms with Crippen molar-refractivity contribution in [2.75, 3.05) is 57.1 Å². The minimum Gasteiger partial charge on any atom is -0.377 e. The van der Waals surface area contributed by atoms with Crippen molar-refractivity contribution in [1.29, 1.82) is 0 Å². The van der Waals surface area contributed by atoms with E-state index in [-0.39, 0.29) is 0 Å². The van der Waals surface area contributed by atoms with Crippen LogP contribution in [-0.2, 0) is 11.3 Å². The molecule has 20 heavy (non-hydrogen) atoms. The Morgan fingerprint density at radius 1 is 1.25 bits per heavy atom. The Hall–Kier alpha value is -1.40. The van der Waals surface area contributed by atoms with Gasteiger partial charge in [0, 0.05) is 39.4 Å². The van der Waals surface area contributed by atoms with E-state index in [9.17, 15) is 0 Å². The third-order valence-electron chi connectivity index (χ3n) is 3.43. The Labute approximate surface area is 121 Å². The van der Waals surface area contributed by atoms with Crippen LogP contribution in [0.15, 0.2) is 6.07 Å². The van der Waals surface area contributed by atoms with Gasteiger partial charge in [-0.15, -0.1) is 0 Å². The van der Waals surface area contributed by atoms with E-state index in [1.165, 1.54) is 0 Å². The normalized spacial score (nSPS) is 17.1. The summed E-state index contributed by atoms with van der Waals surface area (Å²) in [7, 11) is 3.84. The van der Waals surface area contributed by atoms with Gasteiger partial charge in [0.05, 0.1) is 0 Å². The molecule has 1 N–H and O–H groups in total. The molecular weight excluding hydrogens is 254 g/mol. The molecule has 1 aromatic rings. The van der Waals surface area contributed by atoms with Gasteiger partial charge in [0.25, 0.3) is 0 Å². The molecule has 6 heteroatoms. The van der Waals surface area contributed by atoms with Gasteiger partial charge >= 0.3 is 0 Å². The third kappa shape index (κ3) is 4.05. The monoisotopic (exact) mass is 279 g/mol. The lowest BCUT2D eigenvalue weighted by Crippen LogP contribution is -2.29. The first-order valence-electron chi connectivity index (χ1n) is 7.27. The Morgan fingerprint density at radius 2 is 2.10 bits per heavy atom. The van der Waals surface area contributed by atoms with Crippen molar-refractivity contribution in [3.05, 3.63) is 11.9 Å². The van der Waals surface area contributed by atoms with Gasteiger partial charge in [-0.25, -0.2) is 9.97 Å². The summed E-state index contributed by atoms with van der Waals surface area (Å²) in [5, 5.41) is 3.27. The predicted octanol–water partition coefficient (Wildman–Crippen LogP) is 1.20. The maximum Gasteiger partial charge on any atom is 0.158 e. The molecule has 2 heterocycles. The SMILES string of the molecule is CCNc1cc(N2CCCN(C)CC2)nc(COC)n1. The van der Waals surface area contributed by atoms with Crippen molar-refractivity contribution in [2.45, 2.75) is 20.0 Å². The summed E-state index contributed by atoms with van der Waals surface area (Å²) in [6, 6.07) is 2.04. The molecule has 0 radical (unpaired) electrons. The van der Waals surface area contributed by atoms with E-state index in [4.69, 9.17) is 4.74 Å². The maximum atomic E-state index is 5.17. The van der Waals surface area contributed by atoms with Gasteiger partial charge in [-0.2, -0.15) is 0 Å². The number of anilines is 2. The van der Waals surface area contributed by atoms with Crippen molar-refractivity contribution in [3.63, 3.8) is 0 Å². The lowest BCUT2D eigenvalue weighted by molar-refractivity contribution is 0.178. The molecule has 1 aromatic heterocycles. The first kappa shape index (κ1) is 15.0. The zero-order valence-corrected chi connectivity index (χ0v) is 12.7. The molecule has 112 valence electrons. The van der Waals surface area contributed by atoms with Gasteiger partial charge in [-0.1, -0.05) is 0 Å². The molecule has 0 unspecified atom stereocenters. The fourth-order valence-corrected chi connectivity index (χ4v) is 2.39. The zero-order valence-electron chi connectivity index (χ0n) is 12.7. The molecule has 0 aliphatic carbocycles. The number of hydrogen-bond acceptors (Lipinski definition) is 6. The van der Waals surface area contributed by atoms with Crippen LogP contribution in [0.3, 0.4) is 0 Å². The summed E-state index contributed by atoms with van der Waals surface area (Å²) in [5.74, 6) is 2.61. The number of nitrogens with zero attached hydrogens (tertiary/aromatic N) is 4. The van der Waals surface area contributed by atoms with Crippen LogP contribution in [-0.4, -0.2) is 61.7 Å². The van der Waals surface area contributed by atoms with Gasteiger partial charge < -0.3 is 19.9 Å². The topological polar surface area (TPSA) is 53.5 Å². The smallest absolute Gasteiger partial charge is 0.158 e. The highest BCUT2D eigenvalue weighted by atomic mass is 16.5. The van der Waals surface area contributed by atoms with Crippen molar-refractivity contribution < 1.29 is 4.74 Å². The standard InChI is InChI=1S/C14H25N5O/c1-4-15-12-10-14(17-13(16-12)11-20-3)19-7-5-6-18(2)8-9-19/h10H,4-9,11H2,1-3H3,(H,15,16,17). The Balaban J connectivity index is 2.19. The summed E-state index contributed by atoms with van der Waals surface area (Å²) >= 11 is 0. The molecule has 0 bridgehead atoms. The highest BCUT2D eigenvalue weighted by Crippen LogP contribution is 2.18. The number of nitrogens with one attached hydrogen (secondary N) is 1. The minimum atomic E-state index is 0.444. The number of methoxy groups -OCH3 is 1. The van der Waals surface area contributed by atoms with Gasteiger partial charge in [0.15, 0.2) is 5.82 Å². The highest BCUT2D eigenvalue weighted by Gasteiger charge is 2.15. The van der Waals surface area contributed by atoms with E-state index in [0.717, 1.165) is 56.6 Å². The first-order valence-corrected chi connectivity index (χ1v) is 7.27. The Kier molecular flexibility index (Phi) is 5.55. The second-order valence-corrected chi connectivity index (χ2v) is 5.13. The average Bonchev–Trinajstić information content (AvgIpc) is 2.64. The van der Waals surface area contributed by atoms with Gasteiger partial charge in [-0.05, 0) is 26.9 Å². The summed E-state index contributed by atoms with van der Waals surface area (Å²) in [4.78, 5) is 13.8. The number of likely N-dealkylation sites (N-methyl/N-ethyl adjacent to an activating group) is 1. The van der Waals surface area contributed by atoms with Crippen LogP contribution < -0.4 is 10.2 Å². The van der Waals surface area contributed by atoms with E-state index in [1.54, 1.807) is 7.11 Å². The summed E-state index contributed by atoms with van der Waals surface area (Å²) in [6.07, 6.45) is 1.16. The Morgan fingerprint density at radius 3 is 2.85 bits per heavy atom. The zero-order chi connectivity index (χ0) is 14.4. The number of rotatable bonds is 5. The van der Waals surface area contributed by atoms with Crippen LogP contribution >= 0.6 is 0 Å². The largest absolute Gasteiger partial charge is 0.377 e. The van der Waals surface area contributed by atoms with Crippen LogP contribution in [0.4, 0.5) is 11.6 Å². The lowest BCUT2D eigenvalue weighted by atomic mass is 10.3. The number of ether oxygens (including phenoxy) is 1. The molecule has 0 saturated carbocycles. The van der Waals surface area contributed by atoms with Crippen molar-refractivity contribution >= 4 is 11.6 Å². The molecule has 1 fully saturated rings. The highest BCUT2D eigenvalue weighted by molar-refractivity contribution is 5.49. The van der Waals surface area contributed by atoms with Gasteiger partial charge in [0.2, 0.25) is 0 Å². The van der Waals surface area contributed by atoms with E-state index in [2.05, 4.69) is 39.1 Å². The van der Waals surface area contributed by atoms with E-state index in [0.29, 0.717) is 6.61 Å². The van der Waals surface area contributed by atoms with Crippen LogP contribution in [0, 0.1) is 0 Å².